The van der Waals surface area contributed by atoms with E-state index < -0.39 is 0 Å². The van der Waals surface area contributed by atoms with Crippen LogP contribution in [0.2, 0.25) is 0 Å². The zero-order valence-corrected chi connectivity index (χ0v) is 12.9. The summed E-state index contributed by atoms with van der Waals surface area (Å²) in [5, 5.41) is 0. The van der Waals surface area contributed by atoms with Crippen molar-refractivity contribution in [2.75, 3.05) is 40.0 Å². The maximum Gasteiger partial charge on any atom is 0.248 e. The zero-order chi connectivity index (χ0) is 15.4. The van der Waals surface area contributed by atoms with Crippen molar-refractivity contribution in [3.05, 3.63) is 24.5 Å². The smallest absolute Gasteiger partial charge is 0.248 e. The van der Waals surface area contributed by atoms with Crippen molar-refractivity contribution in [1.29, 1.82) is 0 Å². The van der Waals surface area contributed by atoms with Crippen molar-refractivity contribution >= 4 is 5.91 Å². The molecule has 6 heteroatoms. The molecule has 22 heavy (non-hydrogen) atoms. The number of aromatic nitrogens is 1. The van der Waals surface area contributed by atoms with Crippen LogP contribution in [0.15, 0.2) is 24.5 Å². The molecule has 0 saturated carbocycles. The summed E-state index contributed by atoms with van der Waals surface area (Å²) in [6, 6.07) is 3.77. The maximum absolute atomic E-state index is 11.8. The number of amides is 1. The van der Waals surface area contributed by atoms with Crippen molar-refractivity contribution in [1.82, 2.24) is 9.88 Å². The first-order valence-corrected chi connectivity index (χ1v) is 7.67. The lowest BCUT2D eigenvalue weighted by atomic mass is 9.79. The summed E-state index contributed by atoms with van der Waals surface area (Å²) >= 11 is 0. The Bertz CT molecular complexity index is 502. The van der Waals surface area contributed by atoms with Crippen LogP contribution in [0.1, 0.15) is 12.8 Å². The summed E-state index contributed by atoms with van der Waals surface area (Å²) in [4.78, 5) is 17.6. The minimum atomic E-state index is -0.165. The number of hydrogen-bond donors (Lipinski definition) is 0. The molecule has 120 valence electrons. The first-order valence-electron chi connectivity index (χ1n) is 7.67. The van der Waals surface area contributed by atoms with Gasteiger partial charge in [-0.1, -0.05) is 0 Å². The molecule has 3 rings (SSSR count). The Labute approximate surface area is 130 Å². The van der Waals surface area contributed by atoms with Crippen LogP contribution in [0.3, 0.4) is 0 Å². The molecule has 1 aromatic heterocycles. The summed E-state index contributed by atoms with van der Waals surface area (Å²) in [5.41, 5.74) is -0.165. The summed E-state index contributed by atoms with van der Waals surface area (Å²) in [7, 11) is 1.54. The molecule has 2 saturated heterocycles. The van der Waals surface area contributed by atoms with Crippen molar-refractivity contribution in [3.8, 4) is 5.75 Å². The zero-order valence-electron chi connectivity index (χ0n) is 12.9. The van der Waals surface area contributed by atoms with E-state index in [2.05, 4.69) is 4.98 Å². The molecule has 6 nitrogen and oxygen atoms in total. The van der Waals surface area contributed by atoms with E-state index in [1.807, 2.05) is 17.0 Å². The summed E-state index contributed by atoms with van der Waals surface area (Å²) in [6.45, 7) is 2.90. The predicted octanol–water partition coefficient (Wildman–Crippen LogP) is 1.11. The number of hydrogen-bond acceptors (Lipinski definition) is 5. The molecule has 0 radical (unpaired) electrons. The lowest BCUT2D eigenvalue weighted by molar-refractivity contribution is -0.168. The molecule has 0 aromatic carbocycles. The van der Waals surface area contributed by atoms with E-state index in [9.17, 15) is 4.79 Å². The second kappa shape index (κ2) is 6.62. The second-order valence-corrected chi connectivity index (χ2v) is 5.91. The Morgan fingerprint density at radius 3 is 3.14 bits per heavy atom. The van der Waals surface area contributed by atoms with Gasteiger partial charge in [0.2, 0.25) is 5.91 Å². The molecule has 1 spiro atoms. The molecule has 2 aliphatic heterocycles. The van der Waals surface area contributed by atoms with Gasteiger partial charge in [-0.25, -0.2) is 0 Å². The number of likely N-dealkylation sites (tertiary alicyclic amines) is 1. The number of carbonyl (C=O) groups excluding carboxylic acids is 1. The van der Waals surface area contributed by atoms with Gasteiger partial charge in [0.05, 0.1) is 25.9 Å². The standard InChI is InChI=1S/C16H22N2O4/c1-20-10-15(19)18-11-16(12-18)13(5-8-22-16)4-7-21-14-3-2-6-17-9-14/h2-3,6,9,13H,4-5,7-8,10-12H2,1H3/t13-/m0/s1. The molecule has 3 heterocycles. The van der Waals surface area contributed by atoms with Crippen LogP contribution in [0.4, 0.5) is 0 Å². The normalized spacial score (nSPS) is 22.6. The molecule has 0 unspecified atom stereocenters. The number of rotatable bonds is 6. The van der Waals surface area contributed by atoms with Gasteiger partial charge in [-0.2, -0.15) is 0 Å². The molecule has 2 fully saturated rings. The van der Waals surface area contributed by atoms with Gasteiger partial charge >= 0.3 is 0 Å². The van der Waals surface area contributed by atoms with Crippen LogP contribution in [0, 0.1) is 5.92 Å². The van der Waals surface area contributed by atoms with Crippen molar-refractivity contribution in [2.24, 2.45) is 5.92 Å². The Hall–Kier alpha value is -1.66. The fraction of sp³-hybridized carbons (Fsp3) is 0.625. The number of pyridine rings is 1. The van der Waals surface area contributed by atoms with Crippen molar-refractivity contribution in [3.63, 3.8) is 0 Å². The molecular weight excluding hydrogens is 284 g/mol. The number of ether oxygens (including phenoxy) is 3. The summed E-state index contributed by atoms with van der Waals surface area (Å²) in [5.74, 6) is 1.27. The van der Waals surface area contributed by atoms with Gasteiger partial charge in [0.15, 0.2) is 0 Å². The first-order chi connectivity index (χ1) is 10.7. The Balaban J connectivity index is 1.47. The van der Waals surface area contributed by atoms with Gasteiger partial charge < -0.3 is 19.1 Å². The van der Waals surface area contributed by atoms with Gasteiger partial charge in [0, 0.05) is 19.9 Å². The molecule has 1 amide bonds. The number of carbonyl (C=O) groups is 1. The fourth-order valence-electron chi connectivity index (χ4n) is 3.28. The van der Waals surface area contributed by atoms with E-state index in [4.69, 9.17) is 14.2 Å². The van der Waals surface area contributed by atoms with Crippen LogP contribution < -0.4 is 4.74 Å². The topological polar surface area (TPSA) is 60.9 Å². The highest BCUT2D eigenvalue weighted by atomic mass is 16.5. The van der Waals surface area contributed by atoms with Gasteiger partial charge in [0.25, 0.3) is 0 Å². The molecular formula is C16H22N2O4. The highest BCUT2D eigenvalue weighted by Crippen LogP contribution is 2.41. The van der Waals surface area contributed by atoms with E-state index in [1.54, 1.807) is 12.4 Å². The van der Waals surface area contributed by atoms with Crippen LogP contribution in [0.5, 0.6) is 5.75 Å². The van der Waals surface area contributed by atoms with E-state index >= 15 is 0 Å². The largest absolute Gasteiger partial charge is 0.492 e. The average molecular weight is 306 g/mol. The molecule has 1 atom stereocenters. The SMILES string of the molecule is COCC(=O)N1CC2(C1)OCC[C@@H]2CCOc1cccnc1. The number of methoxy groups -OCH3 is 1. The highest BCUT2D eigenvalue weighted by Gasteiger charge is 2.53. The van der Waals surface area contributed by atoms with Crippen LogP contribution in [-0.2, 0) is 14.3 Å². The van der Waals surface area contributed by atoms with Crippen molar-refractivity contribution < 1.29 is 19.0 Å². The minimum absolute atomic E-state index is 0.0361. The molecule has 0 aliphatic carbocycles. The maximum atomic E-state index is 11.8. The Morgan fingerprint density at radius 2 is 2.41 bits per heavy atom. The van der Waals surface area contributed by atoms with Gasteiger partial charge in [0.1, 0.15) is 18.0 Å². The third kappa shape index (κ3) is 3.08. The average Bonchev–Trinajstić information content (AvgIpc) is 2.91. The summed E-state index contributed by atoms with van der Waals surface area (Å²) in [6.07, 6.45) is 5.41. The molecule has 2 aliphatic rings. The lowest BCUT2D eigenvalue weighted by Crippen LogP contribution is -2.66. The van der Waals surface area contributed by atoms with E-state index in [-0.39, 0.29) is 18.1 Å². The molecule has 1 aromatic rings. The Kier molecular flexibility index (Phi) is 4.59. The summed E-state index contributed by atoms with van der Waals surface area (Å²) < 4.78 is 16.6. The quantitative estimate of drug-likeness (QED) is 0.788. The van der Waals surface area contributed by atoms with Gasteiger partial charge in [-0.05, 0) is 30.9 Å². The monoisotopic (exact) mass is 306 g/mol. The Morgan fingerprint density at radius 1 is 1.55 bits per heavy atom. The van der Waals surface area contributed by atoms with Crippen molar-refractivity contribution in [2.45, 2.75) is 18.4 Å². The first kappa shape index (κ1) is 15.2. The third-order valence-corrected chi connectivity index (χ3v) is 4.51. The highest BCUT2D eigenvalue weighted by molar-refractivity contribution is 5.78. The number of nitrogens with zero attached hydrogens (tertiary/aromatic N) is 2. The fourth-order valence-corrected chi connectivity index (χ4v) is 3.28. The molecule has 0 bridgehead atoms. The van der Waals surface area contributed by atoms with Crippen LogP contribution >= 0.6 is 0 Å². The predicted molar refractivity (Wildman–Crippen MR) is 79.6 cm³/mol. The van der Waals surface area contributed by atoms with Gasteiger partial charge in [-0.15, -0.1) is 0 Å². The van der Waals surface area contributed by atoms with Gasteiger partial charge in [-0.3, -0.25) is 9.78 Å². The second-order valence-electron chi connectivity index (χ2n) is 5.91. The molecule has 0 N–H and O–H groups in total. The minimum Gasteiger partial charge on any atom is -0.492 e. The van der Waals surface area contributed by atoms with Crippen LogP contribution in [0.25, 0.3) is 0 Å². The van der Waals surface area contributed by atoms with E-state index in [1.165, 1.54) is 7.11 Å². The van der Waals surface area contributed by atoms with Crippen LogP contribution in [-0.4, -0.2) is 61.4 Å². The lowest BCUT2D eigenvalue weighted by Gasteiger charge is -2.50. The van der Waals surface area contributed by atoms with E-state index in [0.717, 1.165) is 25.2 Å². The third-order valence-electron chi connectivity index (χ3n) is 4.51. The van der Waals surface area contributed by atoms with E-state index in [0.29, 0.717) is 25.6 Å².